The minimum Gasteiger partial charge on any atom is -0.478 e. The molecule has 5 heteroatoms. The summed E-state index contributed by atoms with van der Waals surface area (Å²) in [4.78, 5) is 19.9. The van der Waals surface area contributed by atoms with Gasteiger partial charge in [-0.05, 0) is 124 Å². The average molecular weight is 698 g/mol. The number of rotatable bonds is 4. The van der Waals surface area contributed by atoms with Crippen molar-refractivity contribution in [2.75, 3.05) is 36.0 Å². The zero-order valence-corrected chi connectivity index (χ0v) is 31.1. The molecule has 0 spiro atoms. The van der Waals surface area contributed by atoms with Gasteiger partial charge in [-0.25, -0.2) is 4.79 Å². The molecule has 1 aliphatic carbocycles. The van der Waals surface area contributed by atoms with Crippen LogP contribution in [-0.2, 0) is 11.8 Å². The van der Waals surface area contributed by atoms with Crippen molar-refractivity contribution in [3.8, 4) is 0 Å². The van der Waals surface area contributed by atoms with E-state index >= 15 is 0 Å². The molecule has 5 nitrogen and oxygen atoms in total. The molecule has 1 atom stereocenters. The molecular weight excluding hydrogens is 651 g/mol. The highest BCUT2D eigenvalue weighted by atomic mass is 16.4. The van der Waals surface area contributed by atoms with Crippen LogP contribution < -0.4 is 9.80 Å². The second-order valence-electron chi connectivity index (χ2n) is 15.5. The first-order valence-electron chi connectivity index (χ1n) is 18.8. The Labute approximate surface area is 312 Å². The lowest BCUT2D eigenvalue weighted by Gasteiger charge is -2.40. The first-order chi connectivity index (χ1) is 25.6. The minimum absolute atomic E-state index is 0.119. The molecule has 6 aromatic carbocycles. The Hall–Kier alpha value is -5.68. The number of carbonyl (C=O) groups is 1. The lowest BCUT2D eigenvalue weighted by atomic mass is 9.65. The lowest BCUT2D eigenvalue weighted by molar-refractivity contribution is 0.0697. The number of fused-ring (bicyclic) bond motifs is 6. The Morgan fingerprint density at radius 1 is 0.717 bits per heavy atom. The highest BCUT2D eigenvalue weighted by Gasteiger charge is 2.35. The number of carboxylic acids is 1. The fourth-order valence-corrected chi connectivity index (χ4v) is 8.94. The molecule has 0 saturated carbocycles. The molecule has 266 valence electrons. The molecule has 1 unspecified atom stereocenters. The van der Waals surface area contributed by atoms with Crippen LogP contribution in [0.4, 0.5) is 11.4 Å². The lowest BCUT2D eigenvalue weighted by Crippen LogP contribution is -2.46. The Balaban J connectivity index is 0.000000259. The highest BCUT2D eigenvalue weighted by Crippen LogP contribution is 2.47. The predicted octanol–water partition coefficient (Wildman–Crippen LogP) is 10.9. The standard InChI is InChI=1S/C38H40N2.C10H7NO2/c1-26-12-17-36(27(2)22-26)40-20-18-39(19-21-40)32-10-7-9-29(24-32)31-23-30-14-15-34-33-11-6-5-8-28(33)13-16-35(34)37(30)38(3,4)25-31;12-10(13)8-3-4-9-7(6-8)2-1-5-11-9/h5-17,22,24,31H,18-21,23,25H2,1-4H3;1-6H,(H,12,13). The van der Waals surface area contributed by atoms with Crippen LogP contribution in [0.1, 0.15) is 64.4 Å². The molecule has 2 aliphatic rings. The van der Waals surface area contributed by atoms with Gasteiger partial charge in [-0.2, -0.15) is 0 Å². The van der Waals surface area contributed by atoms with Crippen molar-refractivity contribution in [3.05, 3.63) is 161 Å². The van der Waals surface area contributed by atoms with E-state index in [1.807, 2.05) is 6.07 Å². The van der Waals surface area contributed by atoms with Crippen LogP contribution in [0.2, 0.25) is 0 Å². The maximum Gasteiger partial charge on any atom is 0.335 e. The average Bonchev–Trinajstić information content (AvgIpc) is 3.17. The van der Waals surface area contributed by atoms with Crippen molar-refractivity contribution < 1.29 is 9.90 Å². The molecule has 1 N–H and O–H groups in total. The summed E-state index contributed by atoms with van der Waals surface area (Å²) in [5, 5.41) is 15.1. The van der Waals surface area contributed by atoms with Crippen LogP contribution in [0.3, 0.4) is 0 Å². The van der Waals surface area contributed by atoms with E-state index in [9.17, 15) is 4.79 Å². The van der Waals surface area contributed by atoms with Gasteiger partial charge in [0, 0.05) is 49.1 Å². The quantitative estimate of drug-likeness (QED) is 0.186. The smallest absolute Gasteiger partial charge is 0.335 e. The maximum atomic E-state index is 10.6. The number of aryl methyl sites for hydroxylation is 2. The Morgan fingerprint density at radius 2 is 1.49 bits per heavy atom. The number of hydrogen-bond acceptors (Lipinski definition) is 4. The molecule has 9 rings (SSSR count). The molecule has 53 heavy (non-hydrogen) atoms. The zero-order chi connectivity index (χ0) is 36.7. The van der Waals surface area contributed by atoms with Gasteiger partial charge in [-0.15, -0.1) is 0 Å². The number of benzene rings is 6. The van der Waals surface area contributed by atoms with Crippen molar-refractivity contribution in [1.82, 2.24) is 4.98 Å². The number of aromatic carboxylic acids is 1. The monoisotopic (exact) mass is 697 g/mol. The molecule has 0 amide bonds. The van der Waals surface area contributed by atoms with Crippen molar-refractivity contribution in [3.63, 3.8) is 0 Å². The third kappa shape index (κ3) is 6.84. The molecule has 1 fully saturated rings. The summed E-state index contributed by atoms with van der Waals surface area (Å²) in [6, 6.07) is 43.1. The van der Waals surface area contributed by atoms with E-state index in [0.717, 1.165) is 43.5 Å². The minimum atomic E-state index is -0.911. The Kier molecular flexibility index (Phi) is 9.11. The van der Waals surface area contributed by atoms with Gasteiger partial charge in [-0.1, -0.05) is 98.3 Å². The van der Waals surface area contributed by atoms with Gasteiger partial charge in [0.05, 0.1) is 11.1 Å². The summed E-state index contributed by atoms with van der Waals surface area (Å²) in [6.45, 7) is 13.6. The number of pyridine rings is 1. The van der Waals surface area contributed by atoms with Gasteiger partial charge in [0.25, 0.3) is 0 Å². The number of nitrogens with zero attached hydrogens (tertiary/aromatic N) is 3. The van der Waals surface area contributed by atoms with E-state index in [0.29, 0.717) is 11.5 Å². The molecule has 1 aromatic heterocycles. The Morgan fingerprint density at radius 3 is 2.30 bits per heavy atom. The normalized spacial score (nSPS) is 16.6. The van der Waals surface area contributed by atoms with Crippen LogP contribution in [0.5, 0.6) is 0 Å². The van der Waals surface area contributed by atoms with Gasteiger partial charge in [0.2, 0.25) is 0 Å². The molecule has 0 radical (unpaired) electrons. The molecule has 0 bridgehead atoms. The van der Waals surface area contributed by atoms with Crippen LogP contribution >= 0.6 is 0 Å². The summed E-state index contributed by atoms with van der Waals surface area (Å²) < 4.78 is 0. The van der Waals surface area contributed by atoms with Gasteiger partial charge in [-0.3, -0.25) is 4.98 Å². The van der Waals surface area contributed by atoms with Crippen molar-refractivity contribution in [2.24, 2.45) is 0 Å². The second-order valence-corrected chi connectivity index (χ2v) is 15.5. The fourth-order valence-electron chi connectivity index (χ4n) is 8.94. The van der Waals surface area contributed by atoms with Crippen LogP contribution in [0, 0.1) is 13.8 Å². The summed E-state index contributed by atoms with van der Waals surface area (Å²) >= 11 is 0. The molecule has 1 aliphatic heterocycles. The van der Waals surface area contributed by atoms with E-state index in [1.54, 1.807) is 36.0 Å². The molecule has 2 heterocycles. The number of piperazine rings is 1. The highest BCUT2D eigenvalue weighted by molar-refractivity contribution is 6.09. The van der Waals surface area contributed by atoms with E-state index in [4.69, 9.17) is 5.11 Å². The van der Waals surface area contributed by atoms with Crippen molar-refractivity contribution >= 4 is 49.8 Å². The van der Waals surface area contributed by atoms with Crippen LogP contribution in [0.25, 0.3) is 32.4 Å². The maximum absolute atomic E-state index is 10.6. The van der Waals surface area contributed by atoms with Crippen molar-refractivity contribution in [2.45, 2.75) is 51.9 Å². The first-order valence-corrected chi connectivity index (χ1v) is 18.8. The topological polar surface area (TPSA) is 56.7 Å². The van der Waals surface area contributed by atoms with E-state index in [-0.39, 0.29) is 5.41 Å². The summed E-state index contributed by atoms with van der Waals surface area (Å²) in [5.74, 6) is -0.373. The van der Waals surface area contributed by atoms with Gasteiger partial charge < -0.3 is 14.9 Å². The number of hydrogen-bond donors (Lipinski definition) is 1. The third-order valence-corrected chi connectivity index (χ3v) is 11.4. The van der Waals surface area contributed by atoms with Crippen LogP contribution in [-0.4, -0.2) is 42.2 Å². The number of aromatic nitrogens is 1. The van der Waals surface area contributed by atoms with Crippen LogP contribution in [0.15, 0.2) is 128 Å². The Bertz CT molecular complexity index is 2480. The molecule has 1 saturated heterocycles. The summed E-state index contributed by atoms with van der Waals surface area (Å²) in [7, 11) is 0. The first kappa shape index (κ1) is 34.4. The number of carboxylic acid groups (broad SMARTS) is 1. The predicted molar refractivity (Wildman–Crippen MR) is 221 cm³/mol. The molecule has 7 aromatic rings. The van der Waals surface area contributed by atoms with E-state index in [2.05, 4.69) is 133 Å². The van der Waals surface area contributed by atoms with E-state index in [1.165, 1.54) is 61.6 Å². The zero-order valence-electron chi connectivity index (χ0n) is 31.1. The molecular formula is C48H47N3O2. The summed E-state index contributed by atoms with van der Waals surface area (Å²) in [6.07, 6.45) is 3.98. The van der Waals surface area contributed by atoms with Crippen molar-refractivity contribution in [1.29, 1.82) is 0 Å². The van der Waals surface area contributed by atoms with Gasteiger partial charge in [0.1, 0.15) is 0 Å². The number of anilines is 2. The fraction of sp³-hybridized carbons (Fsp3) is 0.250. The van der Waals surface area contributed by atoms with E-state index < -0.39 is 5.97 Å². The SMILES string of the molecule is Cc1ccc(N2CCN(c3cccc(C4Cc5ccc6c(ccc7ccccc76)c5C(C)(C)C4)c3)CC2)c(C)c1.O=C(O)c1ccc2ncccc2c1. The summed E-state index contributed by atoms with van der Waals surface area (Å²) in [5.41, 5.74) is 11.3. The largest absolute Gasteiger partial charge is 0.478 e. The van der Waals surface area contributed by atoms with Gasteiger partial charge >= 0.3 is 5.97 Å². The van der Waals surface area contributed by atoms with Gasteiger partial charge in [0.15, 0.2) is 0 Å². The third-order valence-electron chi connectivity index (χ3n) is 11.4. The second kappa shape index (κ2) is 14.0.